The van der Waals surface area contributed by atoms with Crippen molar-refractivity contribution in [3.8, 4) is 0 Å². The Kier molecular flexibility index (Phi) is 3.75. The molecule has 6 nitrogen and oxygen atoms in total. The van der Waals surface area contributed by atoms with Crippen molar-refractivity contribution in [3.63, 3.8) is 0 Å². The molecular formula is C12H15N5OS. The summed E-state index contributed by atoms with van der Waals surface area (Å²) < 4.78 is 1.62. The normalized spacial score (nSPS) is 12.3. The van der Waals surface area contributed by atoms with Crippen LogP contribution in [0.3, 0.4) is 0 Å². The number of nitrogens with zero attached hydrogens (tertiary/aromatic N) is 4. The molecule has 2 aromatic rings. The van der Waals surface area contributed by atoms with Crippen LogP contribution in [0, 0.1) is 0 Å². The second kappa shape index (κ2) is 5.31. The maximum absolute atomic E-state index is 12.4. The molecule has 2 heterocycles. The Morgan fingerprint density at radius 3 is 3.00 bits per heavy atom. The molecule has 7 heteroatoms. The van der Waals surface area contributed by atoms with Gasteiger partial charge in [-0.25, -0.2) is 4.52 Å². The first-order valence-electron chi connectivity index (χ1n) is 5.83. The minimum Gasteiger partial charge on any atom is -0.393 e. The fourth-order valence-electron chi connectivity index (χ4n) is 1.82. The van der Waals surface area contributed by atoms with E-state index in [0.29, 0.717) is 22.5 Å². The van der Waals surface area contributed by atoms with Gasteiger partial charge in [-0.1, -0.05) is 12.2 Å². The van der Waals surface area contributed by atoms with E-state index >= 15 is 0 Å². The maximum Gasteiger partial charge on any atom is 0.257 e. The Hall–Kier alpha value is -2.02. The highest BCUT2D eigenvalue weighted by Gasteiger charge is 2.21. The molecule has 0 saturated carbocycles. The minimum absolute atomic E-state index is 0.0587. The molecule has 0 aliphatic heterocycles. The third kappa shape index (κ3) is 2.70. The number of thiocarbonyl (C=S) groups is 1. The Bertz CT molecular complexity index is 623. The van der Waals surface area contributed by atoms with E-state index in [-0.39, 0.29) is 11.9 Å². The topological polar surface area (TPSA) is 76.5 Å². The molecule has 19 heavy (non-hydrogen) atoms. The van der Waals surface area contributed by atoms with Crippen LogP contribution in [0.2, 0.25) is 0 Å². The third-order valence-electron chi connectivity index (χ3n) is 3.03. The van der Waals surface area contributed by atoms with Crippen LogP contribution in [-0.4, -0.2) is 43.5 Å². The van der Waals surface area contributed by atoms with Crippen molar-refractivity contribution >= 4 is 28.6 Å². The van der Waals surface area contributed by atoms with Crippen LogP contribution < -0.4 is 5.73 Å². The second-order valence-corrected chi connectivity index (χ2v) is 4.92. The summed E-state index contributed by atoms with van der Waals surface area (Å²) in [6, 6.07) is -0.0587. The fraction of sp³-hybridized carbons (Fsp3) is 0.333. The smallest absolute Gasteiger partial charge is 0.257 e. The highest BCUT2D eigenvalue weighted by Crippen LogP contribution is 2.13. The van der Waals surface area contributed by atoms with Gasteiger partial charge in [0.25, 0.3) is 5.91 Å². The number of hydrogen-bond acceptors (Lipinski definition) is 4. The van der Waals surface area contributed by atoms with Gasteiger partial charge >= 0.3 is 0 Å². The zero-order valence-corrected chi connectivity index (χ0v) is 11.6. The zero-order chi connectivity index (χ0) is 14.0. The SMILES string of the molecule is CC(CC(N)=S)N(C)C(=O)c1cnn2ccncc12. The minimum atomic E-state index is -0.119. The van der Waals surface area contributed by atoms with Gasteiger partial charge in [0.2, 0.25) is 0 Å². The molecular weight excluding hydrogens is 262 g/mol. The second-order valence-electron chi connectivity index (χ2n) is 4.40. The van der Waals surface area contributed by atoms with E-state index in [9.17, 15) is 4.79 Å². The van der Waals surface area contributed by atoms with Gasteiger partial charge in [0.05, 0.1) is 28.5 Å². The standard InChI is InChI=1S/C12H15N5OS/c1-8(5-11(13)19)16(2)12(18)9-6-15-17-4-3-14-7-10(9)17/h3-4,6-8H,5H2,1-2H3,(H2,13,19). The van der Waals surface area contributed by atoms with Crippen LogP contribution in [0.1, 0.15) is 23.7 Å². The summed E-state index contributed by atoms with van der Waals surface area (Å²) in [5.41, 5.74) is 6.71. The molecule has 0 aliphatic carbocycles. The van der Waals surface area contributed by atoms with Gasteiger partial charge in [0, 0.05) is 31.9 Å². The van der Waals surface area contributed by atoms with E-state index in [0.717, 1.165) is 0 Å². The number of carbonyl (C=O) groups is 1. The van der Waals surface area contributed by atoms with E-state index in [4.69, 9.17) is 18.0 Å². The molecule has 0 bridgehead atoms. The lowest BCUT2D eigenvalue weighted by Gasteiger charge is -2.24. The summed E-state index contributed by atoms with van der Waals surface area (Å²) in [4.78, 5) is 18.4. The first kappa shape index (κ1) is 13.4. The maximum atomic E-state index is 12.4. The van der Waals surface area contributed by atoms with Crippen molar-refractivity contribution in [2.75, 3.05) is 7.05 Å². The van der Waals surface area contributed by atoms with Gasteiger partial charge in [-0.05, 0) is 6.92 Å². The number of hydrogen-bond donors (Lipinski definition) is 1. The van der Waals surface area contributed by atoms with Crippen molar-refractivity contribution < 1.29 is 4.79 Å². The molecule has 1 amide bonds. The summed E-state index contributed by atoms with van der Waals surface area (Å²) in [6.45, 7) is 1.90. The molecule has 100 valence electrons. The first-order chi connectivity index (χ1) is 9.00. The van der Waals surface area contributed by atoms with Crippen LogP contribution in [0.4, 0.5) is 0 Å². The number of rotatable bonds is 4. The van der Waals surface area contributed by atoms with Crippen molar-refractivity contribution in [1.29, 1.82) is 0 Å². The zero-order valence-electron chi connectivity index (χ0n) is 10.8. The van der Waals surface area contributed by atoms with Crippen molar-refractivity contribution in [3.05, 3.63) is 30.4 Å². The summed E-state index contributed by atoms with van der Waals surface area (Å²) in [6.07, 6.45) is 6.97. The lowest BCUT2D eigenvalue weighted by molar-refractivity contribution is 0.0750. The fourth-order valence-corrected chi connectivity index (χ4v) is 2.06. The van der Waals surface area contributed by atoms with Crippen LogP contribution in [0.25, 0.3) is 5.52 Å². The van der Waals surface area contributed by atoms with Gasteiger partial charge in [0.1, 0.15) is 0 Å². The summed E-state index contributed by atoms with van der Waals surface area (Å²) >= 11 is 4.87. The Morgan fingerprint density at radius 1 is 1.58 bits per heavy atom. The predicted molar refractivity (Wildman–Crippen MR) is 75.9 cm³/mol. The molecule has 2 aromatic heterocycles. The van der Waals surface area contributed by atoms with Gasteiger partial charge in [-0.3, -0.25) is 9.78 Å². The summed E-state index contributed by atoms with van der Waals surface area (Å²) in [7, 11) is 1.73. The van der Waals surface area contributed by atoms with E-state index in [1.54, 1.807) is 41.3 Å². The summed E-state index contributed by atoms with van der Waals surface area (Å²) in [5, 5.41) is 4.12. The van der Waals surface area contributed by atoms with Gasteiger partial charge < -0.3 is 10.6 Å². The molecule has 0 fully saturated rings. The van der Waals surface area contributed by atoms with E-state index in [2.05, 4.69) is 10.1 Å². The van der Waals surface area contributed by atoms with Crippen molar-refractivity contribution in [1.82, 2.24) is 19.5 Å². The highest BCUT2D eigenvalue weighted by atomic mass is 32.1. The molecule has 1 unspecified atom stereocenters. The number of carbonyl (C=O) groups excluding carboxylic acids is 1. The highest BCUT2D eigenvalue weighted by molar-refractivity contribution is 7.80. The van der Waals surface area contributed by atoms with E-state index < -0.39 is 0 Å². The van der Waals surface area contributed by atoms with Gasteiger partial charge in [-0.2, -0.15) is 5.10 Å². The Morgan fingerprint density at radius 2 is 2.32 bits per heavy atom. The number of fused-ring (bicyclic) bond motifs is 1. The third-order valence-corrected chi connectivity index (χ3v) is 3.20. The number of amides is 1. The van der Waals surface area contributed by atoms with E-state index in [1.165, 1.54) is 0 Å². The molecule has 0 aliphatic rings. The van der Waals surface area contributed by atoms with Gasteiger partial charge in [0.15, 0.2) is 0 Å². The van der Waals surface area contributed by atoms with Crippen LogP contribution in [0.5, 0.6) is 0 Å². The molecule has 2 rings (SSSR count). The van der Waals surface area contributed by atoms with Gasteiger partial charge in [-0.15, -0.1) is 0 Å². The molecule has 2 N–H and O–H groups in total. The largest absolute Gasteiger partial charge is 0.393 e. The van der Waals surface area contributed by atoms with Crippen LogP contribution >= 0.6 is 12.2 Å². The summed E-state index contributed by atoms with van der Waals surface area (Å²) in [5.74, 6) is -0.119. The van der Waals surface area contributed by atoms with Crippen molar-refractivity contribution in [2.45, 2.75) is 19.4 Å². The quantitative estimate of drug-likeness (QED) is 0.839. The number of aromatic nitrogens is 3. The average molecular weight is 277 g/mol. The Balaban J connectivity index is 2.26. The van der Waals surface area contributed by atoms with Crippen LogP contribution in [-0.2, 0) is 0 Å². The number of nitrogens with two attached hydrogens (primary N) is 1. The molecule has 1 atom stereocenters. The molecule has 0 radical (unpaired) electrons. The predicted octanol–water partition coefficient (Wildman–Crippen LogP) is 0.866. The lowest BCUT2D eigenvalue weighted by atomic mass is 10.2. The first-order valence-corrected chi connectivity index (χ1v) is 6.24. The monoisotopic (exact) mass is 277 g/mol. The molecule has 0 aromatic carbocycles. The lowest BCUT2D eigenvalue weighted by Crippen LogP contribution is -2.37. The van der Waals surface area contributed by atoms with E-state index in [1.807, 2.05) is 6.92 Å². The Labute approximate surface area is 116 Å². The van der Waals surface area contributed by atoms with Crippen LogP contribution in [0.15, 0.2) is 24.8 Å². The molecule has 0 spiro atoms. The van der Waals surface area contributed by atoms with Crippen molar-refractivity contribution in [2.24, 2.45) is 5.73 Å². The molecule has 0 saturated heterocycles. The average Bonchev–Trinajstić information content (AvgIpc) is 2.80.